The summed E-state index contributed by atoms with van der Waals surface area (Å²) >= 11 is 18.8. The fourth-order valence-corrected chi connectivity index (χ4v) is 5.87. The number of ketones is 1. The average molecular weight is 699 g/mol. The van der Waals surface area contributed by atoms with Gasteiger partial charge in [-0.25, -0.2) is 0 Å². The first-order valence-electron chi connectivity index (χ1n) is 13.4. The molecule has 1 unspecified atom stereocenters. The zero-order valence-electron chi connectivity index (χ0n) is 23.2. The van der Waals surface area contributed by atoms with Crippen molar-refractivity contribution in [2.75, 3.05) is 11.1 Å². The third kappa shape index (κ3) is 9.54. The summed E-state index contributed by atoms with van der Waals surface area (Å²) in [6, 6.07) is 20.5. The number of amides is 1. The molecular weight excluding hydrogens is 674 g/mol. The van der Waals surface area contributed by atoms with Gasteiger partial charge in [0.05, 0.1) is 27.9 Å². The van der Waals surface area contributed by atoms with Gasteiger partial charge in [-0.05, 0) is 65.9 Å². The largest absolute Gasteiger partial charge is 0.416 e. The Bertz CT molecular complexity index is 1810. The molecule has 0 spiro atoms. The molecule has 13 heteroatoms. The highest BCUT2D eigenvalue weighted by atomic mass is 35.5. The van der Waals surface area contributed by atoms with Crippen LogP contribution in [0, 0.1) is 0 Å². The van der Waals surface area contributed by atoms with Gasteiger partial charge in [-0.15, -0.1) is 0 Å². The van der Waals surface area contributed by atoms with Crippen LogP contribution < -0.4 is 5.32 Å². The molecule has 4 aromatic rings. The molecule has 0 fully saturated rings. The van der Waals surface area contributed by atoms with E-state index in [1.807, 2.05) is 0 Å². The number of alkyl halides is 3. The molecule has 0 aliphatic rings. The fraction of sp³-hybridized carbons (Fsp3) is 0.188. The van der Waals surface area contributed by atoms with Crippen LogP contribution in [0.5, 0.6) is 0 Å². The quantitative estimate of drug-likeness (QED) is 0.120. The number of halogens is 6. The summed E-state index contributed by atoms with van der Waals surface area (Å²) in [5.74, 6) is -2.34. The molecule has 0 aliphatic heterocycles. The second kappa shape index (κ2) is 14.3. The zero-order chi connectivity index (χ0) is 32.9. The van der Waals surface area contributed by atoms with Crippen molar-refractivity contribution in [3.05, 3.63) is 122 Å². The van der Waals surface area contributed by atoms with Gasteiger partial charge in [0.1, 0.15) is 0 Å². The summed E-state index contributed by atoms with van der Waals surface area (Å²) < 4.78 is 70.3. The van der Waals surface area contributed by atoms with E-state index in [0.29, 0.717) is 37.9 Å². The average Bonchev–Trinajstić information content (AvgIpc) is 2.96. The summed E-state index contributed by atoms with van der Waals surface area (Å²) in [4.78, 5) is 26.1. The number of Topliss-reactive ketones (excluding diaryl/α,β-unsaturated/α-hetero) is 1. The number of hydrogen-bond acceptors (Lipinski definition) is 4. The van der Waals surface area contributed by atoms with Crippen molar-refractivity contribution < 1.29 is 35.7 Å². The number of nitrogens with one attached hydrogen (secondary N) is 1. The van der Waals surface area contributed by atoms with Gasteiger partial charge in [-0.3, -0.25) is 14.1 Å². The summed E-state index contributed by atoms with van der Waals surface area (Å²) in [6.07, 6.45) is -4.63. The SMILES string of the molecule is O=C(CCCS(=O)(=O)O)c1ccc(CC(C(=O)Nc2ccc(-c3ccc(Cl)cc3Cl)cc2Cl)c2ccc(C(F)(F)F)cc2)cc1. The minimum atomic E-state index is -4.55. The number of rotatable bonds is 11. The first-order valence-corrected chi connectivity index (χ1v) is 16.2. The molecule has 45 heavy (non-hydrogen) atoms. The first kappa shape index (κ1) is 34.5. The minimum absolute atomic E-state index is 0.0497. The monoisotopic (exact) mass is 697 g/mol. The van der Waals surface area contributed by atoms with Gasteiger partial charge >= 0.3 is 6.18 Å². The number of anilines is 1. The van der Waals surface area contributed by atoms with Crippen LogP contribution in [0.25, 0.3) is 11.1 Å². The molecule has 1 amide bonds. The van der Waals surface area contributed by atoms with Gasteiger partial charge in [0, 0.05) is 27.6 Å². The van der Waals surface area contributed by atoms with Crippen LogP contribution >= 0.6 is 34.8 Å². The number of carbonyl (C=O) groups excluding carboxylic acids is 2. The smallest absolute Gasteiger partial charge is 0.324 e. The van der Waals surface area contributed by atoms with Crippen molar-refractivity contribution in [1.82, 2.24) is 0 Å². The lowest BCUT2D eigenvalue weighted by atomic mass is 9.89. The molecule has 236 valence electrons. The Hall–Kier alpha value is -3.41. The minimum Gasteiger partial charge on any atom is -0.324 e. The predicted molar refractivity (Wildman–Crippen MR) is 170 cm³/mol. The Morgan fingerprint density at radius 3 is 2.09 bits per heavy atom. The van der Waals surface area contributed by atoms with Crippen LogP contribution in [0.1, 0.15) is 45.8 Å². The summed E-state index contributed by atoms with van der Waals surface area (Å²) in [5, 5.41) is 3.84. The Labute approximate surface area is 272 Å². The molecule has 4 aromatic carbocycles. The van der Waals surface area contributed by atoms with E-state index < -0.39 is 39.4 Å². The normalized spacial score (nSPS) is 12.5. The van der Waals surface area contributed by atoms with Crippen molar-refractivity contribution in [3.8, 4) is 11.1 Å². The maximum absolute atomic E-state index is 13.6. The van der Waals surface area contributed by atoms with Crippen LogP contribution in [0.3, 0.4) is 0 Å². The predicted octanol–water partition coefficient (Wildman–Crippen LogP) is 9.15. The van der Waals surface area contributed by atoms with E-state index in [4.69, 9.17) is 39.4 Å². The highest BCUT2D eigenvalue weighted by Crippen LogP contribution is 2.35. The van der Waals surface area contributed by atoms with Crippen molar-refractivity contribution >= 4 is 62.3 Å². The van der Waals surface area contributed by atoms with Gasteiger partial charge in [0.25, 0.3) is 10.1 Å². The molecule has 0 saturated heterocycles. The molecule has 4 rings (SSSR count). The maximum Gasteiger partial charge on any atom is 0.416 e. The first-order chi connectivity index (χ1) is 21.1. The van der Waals surface area contributed by atoms with E-state index in [9.17, 15) is 31.2 Å². The van der Waals surface area contributed by atoms with Gasteiger partial charge in [0.15, 0.2) is 5.78 Å². The summed E-state index contributed by atoms with van der Waals surface area (Å²) in [6.45, 7) is 0. The van der Waals surface area contributed by atoms with Crippen LogP contribution in [-0.2, 0) is 27.5 Å². The van der Waals surface area contributed by atoms with E-state index in [2.05, 4.69) is 5.32 Å². The molecule has 0 heterocycles. The summed E-state index contributed by atoms with van der Waals surface area (Å²) in [5.41, 5.74) is 2.00. The second-order valence-corrected chi connectivity index (χ2v) is 13.0. The Morgan fingerprint density at radius 1 is 0.844 bits per heavy atom. The van der Waals surface area contributed by atoms with E-state index in [1.54, 1.807) is 48.5 Å². The standard InChI is InChI=1S/C32H25Cl3F3NO5S/c33-24-12-13-25(27(34)18-24)22-9-14-29(28(35)17-22)39-31(41)26(20-7-10-23(11-8-20)32(36,37)38)16-19-3-5-21(6-4-19)30(40)2-1-15-45(42,43)44/h3-14,17-18,26H,1-2,15-16H2,(H,39,41)(H,42,43,44). The van der Waals surface area contributed by atoms with Crippen LogP contribution in [0.15, 0.2) is 84.9 Å². The third-order valence-electron chi connectivity index (χ3n) is 6.95. The molecule has 1 atom stereocenters. The van der Waals surface area contributed by atoms with Crippen molar-refractivity contribution in [3.63, 3.8) is 0 Å². The maximum atomic E-state index is 13.6. The molecule has 0 radical (unpaired) electrons. The third-order valence-corrected chi connectivity index (χ3v) is 8.61. The van der Waals surface area contributed by atoms with Crippen LogP contribution in [-0.4, -0.2) is 30.4 Å². The van der Waals surface area contributed by atoms with Crippen molar-refractivity contribution in [2.24, 2.45) is 0 Å². The lowest BCUT2D eigenvalue weighted by Gasteiger charge is -2.19. The van der Waals surface area contributed by atoms with E-state index in [0.717, 1.165) is 12.1 Å². The van der Waals surface area contributed by atoms with Crippen molar-refractivity contribution in [2.45, 2.75) is 31.4 Å². The van der Waals surface area contributed by atoms with Gasteiger partial charge < -0.3 is 5.32 Å². The molecule has 0 saturated carbocycles. The van der Waals surface area contributed by atoms with Crippen molar-refractivity contribution in [1.29, 1.82) is 0 Å². The topological polar surface area (TPSA) is 101 Å². The van der Waals surface area contributed by atoms with E-state index in [1.165, 1.54) is 24.3 Å². The molecule has 0 aromatic heterocycles. The summed E-state index contributed by atoms with van der Waals surface area (Å²) in [7, 11) is -4.18. The highest BCUT2D eigenvalue weighted by Gasteiger charge is 2.31. The fourth-order valence-electron chi connectivity index (χ4n) is 4.62. The Balaban J connectivity index is 1.56. The Morgan fingerprint density at radius 2 is 1.51 bits per heavy atom. The molecule has 0 aliphatic carbocycles. The Kier molecular flexibility index (Phi) is 11.0. The molecule has 2 N–H and O–H groups in total. The van der Waals surface area contributed by atoms with E-state index >= 15 is 0 Å². The van der Waals surface area contributed by atoms with E-state index in [-0.39, 0.29) is 35.8 Å². The van der Waals surface area contributed by atoms with Crippen LogP contribution in [0.2, 0.25) is 15.1 Å². The van der Waals surface area contributed by atoms with Gasteiger partial charge in [-0.1, -0.05) is 83.3 Å². The lowest BCUT2D eigenvalue weighted by Crippen LogP contribution is -2.23. The second-order valence-electron chi connectivity index (χ2n) is 10.2. The molecule has 0 bridgehead atoms. The number of carbonyl (C=O) groups is 2. The zero-order valence-corrected chi connectivity index (χ0v) is 26.3. The number of benzene rings is 4. The van der Waals surface area contributed by atoms with Gasteiger partial charge in [-0.2, -0.15) is 21.6 Å². The molecular formula is C32H25Cl3F3NO5S. The van der Waals surface area contributed by atoms with Crippen LogP contribution in [0.4, 0.5) is 18.9 Å². The lowest BCUT2D eigenvalue weighted by molar-refractivity contribution is -0.137. The number of hydrogen-bond donors (Lipinski definition) is 2. The van der Waals surface area contributed by atoms with Gasteiger partial charge in [0.2, 0.25) is 5.91 Å². The molecule has 6 nitrogen and oxygen atoms in total. The highest BCUT2D eigenvalue weighted by molar-refractivity contribution is 7.85.